The predicted molar refractivity (Wildman–Crippen MR) is 69.5 cm³/mol. The van der Waals surface area contributed by atoms with Crippen LogP contribution in [0.3, 0.4) is 0 Å². The molecule has 2 heterocycles. The van der Waals surface area contributed by atoms with E-state index in [1.807, 2.05) is 0 Å². The van der Waals surface area contributed by atoms with Gasteiger partial charge in [-0.1, -0.05) is 12.1 Å². The summed E-state index contributed by atoms with van der Waals surface area (Å²) in [7, 11) is 0. The van der Waals surface area contributed by atoms with E-state index in [-0.39, 0.29) is 23.0 Å². The number of nitrogens with two attached hydrogens (primary N) is 1. The molecule has 0 saturated carbocycles. The highest BCUT2D eigenvalue weighted by molar-refractivity contribution is 5.97. The second-order valence-corrected chi connectivity index (χ2v) is 4.90. The molecule has 1 aromatic carbocycles. The number of benzene rings is 1. The van der Waals surface area contributed by atoms with E-state index < -0.39 is 23.7 Å². The minimum Gasteiger partial charge on any atom is -0.320 e. The van der Waals surface area contributed by atoms with Crippen molar-refractivity contribution in [1.29, 1.82) is 0 Å². The van der Waals surface area contributed by atoms with Crippen molar-refractivity contribution in [2.24, 2.45) is 5.73 Å². The third kappa shape index (κ3) is 2.24. The lowest BCUT2D eigenvalue weighted by Crippen LogP contribution is -2.47. The summed E-state index contributed by atoms with van der Waals surface area (Å²) in [6.45, 7) is 0. The zero-order valence-corrected chi connectivity index (χ0v) is 11.1. The molecule has 9 heteroatoms. The van der Waals surface area contributed by atoms with Crippen LogP contribution in [0.4, 0.5) is 19.0 Å². The molecule has 1 aliphatic rings. The van der Waals surface area contributed by atoms with E-state index in [0.29, 0.717) is 5.56 Å². The van der Waals surface area contributed by atoms with Crippen molar-refractivity contribution in [2.45, 2.75) is 18.6 Å². The van der Waals surface area contributed by atoms with Crippen LogP contribution in [0, 0.1) is 0 Å². The first-order chi connectivity index (χ1) is 10.3. The van der Waals surface area contributed by atoms with Gasteiger partial charge in [0.05, 0.1) is 17.3 Å². The molecule has 1 aliphatic heterocycles. The van der Waals surface area contributed by atoms with Gasteiger partial charge in [0.25, 0.3) is 5.91 Å². The van der Waals surface area contributed by atoms with Gasteiger partial charge in [0.2, 0.25) is 0 Å². The van der Waals surface area contributed by atoms with Crippen molar-refractivity contribution in [2.75, 3.05) is 5.06 Å². The molecule has 1 atom stereocenters. The normalized spacial score (nSPS) is 18.5. The molecule has 2 aromatic rings. The molecule has 22 heavy (non-hydrogen) atoms. The Morgan fingerprint density at radius 2 is 2.00 bits per heavy atom. The van der Waals surface area contributed by atoms with Gasteiger partial charge in [-0.3, -0.25) is 10.0 Å². The van der Waals surface area contributed by atoms with E-state index in [2.05, 4.69) is 5.10 Å². The van der Waals surface area contributed by atoms with E-state index in [1.165, 1.54) is 24.4 Å². The van der Waals surface area contributed by atoms with Crippen LogP contribution in [-0.4, -0.2) is 26.9 Å². The van der Waals surface area contributed by atoms with E-state index in [4.69, 9.17) is 5.73 Å². The van der Waals surface area contributed by atoms with Crippen LogP contribution in [0.25, 0.3) is 5.69 Å². The first-order valence-electron chi connectivity index (χ1n) is 6.32. The molecule has 6 nitrogen and oxygen atoms in total. The first-order valence-corrected chi connectivity index (χ1v) is 6.32. The van der Waals surface area contributed by atoms with Gasteiger partial charge in [0, 0.05) is 18.2 Å². The largest absolute Gasteiger partial charge is 0.418 e. The summed E-state index contributed by atoms with van der Waals surface area (Å²) in [5, 5.41) is 13.8. The van der Waals surface area contributed by atoms with Gasteiger partial charge in [-0.15, -0.1) is 5.10 Å². The second-order valence-electron chi connectivity index (χ2n) is 4.90. The highest BCUT2D eigenvalue weighted by atomic mass is 19.4. The average molecular weight is 312 g/mol. The monoisotopic (exact) mass is 312 g/mol. The Labute approximate surface area is 122 Å². The number of alkyl halides is 3. The van der Waals surface area contributed by atoms with Crippen molar-refractivity contribution in [1.82, 2.24) is 9.78 Å². The van der Waals surface area contributed by atoms with Gasteiger partial charge in [-0.05, 0) is 12.1 Å². The SMILES string of the molecule is N[C@H]1Cc2cn(-c3ccccc3C(F)(F)F)nc2N(O)C1=O. The zero-order chi connectivity index (χ0) is 16.1. The molecule has 116 valence electrons. The van der Waals surface area contributed by atoms with Gasteiger partial charge in [0.1, 0.15) is 0 Å². The summed E-state index contributed by atoms with van der Waals surface area (Å²) in [6, 6.07) is 3.95. The van der Waals surface area contributed by atoms with Gasteiger partial charge >= 0.3 is 6.18 Å². The molecule has 3 rings (SSSR count). The predicted octanol–water partition coefficient (Wildman–Crippen LogP) is 1.50. The highest BCUT2D eigenvalue weighted by Gasteiger charge is 2.36. The Kier molecular flexibility index (Phi) is 3.18. The topological polar surface area (TPSA) is 84.4 Å². The third-order valence-electron chi connectivity index (χ3n) is 3.39. The third-order valence-corrected chi connectivity index (χ3v) is 3.39. The number of nitrogens with zero attached hydrogens (tertiary/aromatic N) is 3. The van der Waals surface area contributed by atoms with E-state index in [1.54, 1.807) is 0 Å². The number of hydroxylamine groups is 1. The molecule has 0 radical (unpaired) electrons. The quantitative estimate of drug-likeness (QED) is 0.782. The van der Waals surface area contributed by atoms with Gasteiger partial charge in [-0.25, -0.2) is 4.68 Å². The van der Waals surface area contributed by atoms with Gasteiger partial charge in [-0.2, -0.15) is 18.2 Å². The second kappa shape index (κ2) is 4.82. The maximum atomic E-state index is 13.0. The lowest BCUT2D eigenvalue weighted by atomic mass is 10.1. The number of halogens is 3. The van der Waals surface area contributed by atoms with E-state index in [9.17, 15) is 23.2 Å². The van der Waals surface area contributed by atoms with Crippen LogP contribution < -0.4 is 10.8 Å². The highest BCUT2D eigenvalue weighted by Crippen LogP contribution is 2.34. The number of hydrogen-bond donors (Lipinski definition) is 2. The Morgan fingerprint density at radius 1 is 1.32 bits per heavy atom. The van der Waals surface area contributed by atoms with E-state index in [0.717, 1.165) is 10.7 Å². The number of para-hydroxylation sites is 1. The van der Waals surface area contributed by atoms with Crippen LogP contribution in [0.15, 0.2) is 30.5 Å². The van der Waals surface area contributed by atoms with Crippen molar-refractivity contribution in [3.8, 4) is 5.69 Å². The number of amides is 1. The molecule has 0 spiro atoms. The van der Waals surface area contributed by atoms with Gasteiger partial charge < -0.3 is 5.73 Å². The molecule has 0 unspecified atom stereocenters. The number of fused-ring (bicyclic) bond motifs is 1. The summed E-state index contributed by atoms with van der Waals surface area (Å²) in [5.41, 5.74) is 4.90. The number of hydrogen-bond acceptors (Lipinski definition) is 4. The minimum atomic E-state index is -4.55. The van der Waals surface area contributed by atoms with Crippen LogP contribution in [0.1, 0.15) is 11.1 Å². The number of rotatable bonds is 1. The molecule has 1 amide bonds. The van der Waals surface area contributed by atoms with Crippen LogP contribution in [-0.2, 0) is 17.4 Å². The summed E-state index contributed by atoms with van der Waals surface area (Å²) in [6.07, 6.45) is -3.12. The molecular formula is C13H11F3N4O2. The first kappa shape index (κ1) is 14.5. The number of aromatic nitrogens is 2. The lowest BCUT2D eigenvalue weighted by Gasteiger charge is -2.22. The number of carbonyl (C=O) groups is 1. The number of carbonyl (C=O) groups excluding carboxylic acids is 1. The molecule has 1 aromatic heterocycles. The maximum absolute atomic E-state index is 13.0. The van der Waals surface area contributed by atoms with Crippen molar-refractivity contribution < 1.29 is 23.2 Å². The molecular weight excluding hydrogens is 301 g/mol. The lowest BCUT2D eigenvalue weighted by molar-refractivity contribution is -0.137. The summed E-state index contributed by atoms with van der Waals surface area (Å²) in [5.74, 6) is -0.856. The van der Waals surface area contributed by atoms with Crippen molar-refractivity contribution >= 4 is 11.7 Å². The average Bonchev–Trinajstić information content (AvgIpc) is 2.88. The standard InChI is InChI=1S/C13H11F3N4O2/c14-13(15,16)8-3-1-2-4-10(8)19-6-7-5-9(17)12(21)20(22)11(7)18-19/h1-4,6,9,22H,5,17H2/t9-/m0/s1. The fourth-order valence-electron chi connectivity index (χ4n) is 2.35. The van der Waals surface area contributed by atoms with Gasteiger partial charge in [0.15, 0.2) is 5.82 Å². The summed E-state index contributed by atoms with van der Waals surface area (Å²) in [4.78, 5) is 11.6. The molecule has 0 aliphatic carbocycles. The fraction of sp³-hybridized carbons (Fsp3) is 0.231. The Morgan fingerprint density at radius 3 is 2.68 bits per heavy atom. The molecule has 3 N–H and O–H groups in total. The molecule has 0 bridgehead atoms. The van der Waals surface area contributed by atoms with Crippen LogP contribution >= 0.6 is 0 Å². The maximum Gasteiger partial charge on any atom is 0.418 e. The van der Waals surface area contributed by atoms with Crippen LogP contribution in [0.2, 0.25) is 0 Å². The molecule has 0 saturated heterocycles. The minimum absolute atomic E-state index is 0.0966. The van der Waals surface area contributed by atoms with Crippen molar-refractivity contribution in [3.05, 3.63) is 41.6 Å². The Bertz CT molecular complexity index is 741. The smallest absolute Gasteiger partial charge is 0.320 e. The number of anilines is 1. The van der Waals surface area contributed by atoms with Crippen molar-refractivity contribution in [3.63, 3.8) is 0 Å². The summed E-state index contributed by atoms with van der Waals surface area (Å²) >= 11 is 0. The summed E-state index contributed by atoms with van der Waals surface area (Å²) < 4.78 is 40.1. The molecule has 0 fully saturated rings. The fourth-order valence-corrected chi connectivity index (χ4v) is 2.35. The Hall–Kier alpha value is -2.39. The zero-order valence-electron chi connectivity index (χ0n) is 11.1. The van der Waals surface area contributed by atoms with E-state index >= 15 is 0 Å². The Balaban J connectivity index is 2.12. The van der Waals surface area contributed by atoms with Crippen LogP contribution in [0.5, 0.6) is 0 Å².